The highest BCUT2D eigenvalue weighted by atomic mass is 35.5. The standard InChI is InChI=1S/C13H21ClN2OS/c1-10-4-6-16(8-12(10)17)5-2-3-13-15-11(7-14)9-18-13/h9-10,12,17H,2-8H2,1H3. The third-order valence-electron chi connectivity index (χ3n) is 3.60. The van der Waals surface area contributed by atoms with Gasteiger partial charge in [-0.05, 0) is 31.8 Å². The van der Waals surface area contributed by atoms with Crippen LogP contribution in [0.15, 0.2) is 5.38 Å². The van der Waals surface area contributed by atoms with Crippen molar-refractivity contribution < 1.29 is 5.11 Å². The van der Waals surface area contributed by atoms with Crippen LogP contribution in [0.5, 0.6) is 0 Å². The van der Waals surface area contributed by atoms with Gasteiger partial charge in [0.2, 0.25) is 0 Å². The largest absolute Gasteiger partial charge is 0.392 e. The van der Waals surface area contributed by atoms with Crippen molar-refractivity contribution in [3.05, 3.63) is 16.1 Å². The fourth-order valence-electron chi connectivity index (χ4n) is 2.30. The number of aliphatic hydroxyl groups excluding tert-OH is 1. The molecule has 1 aliphatic rings. The lowest BCUT2D eigenvalue weighted by molar-refractivity contribution is 0.0289. The maximum Gasteiger partial charge on any atom is 0.0929 e. The van der Waals surface area contributed by atoms with Gasteiger partial charge >= 0.3 is 0 Å². The van der Waals surface area contributed by atoms with E-state index in [0.717, 1.165) is 44.6 Å². The van der Waals surface area contributed by atoms with Crippen LogP contribution in [-0.4, -0.2) is 40.7 Å². The molecule has 1 aromatic heterocycles. The van der Waals surface area contributed by atoms with Gasteiger partial charge in [-0.3, -0.25) is 0 Å². The Morgan fingerprint density at radius 2 is 2.44 bits per heavy atom. The first-order valence-electron chi connectivity index (χ1n) is 6.58. The van der Waals surface area contributed by atoms with Gasteiger partial charge < -0.3 is 10.0 Å². The van der Waals surface area contributed by atoms with E-state index in [4.69, 9.17) is 11.6 Å². The predicted molar refractivity (Wildman–Crippen MR) is 76.2 cm³/mol. The number of nitrogens with zero attached hydrogens (tertiary/aromatic N) is 2. The second kappa shape index (κ2) is 6.85. The van der Waals surface area contributed by atoms with Gasteiger partial charge in [-0.25, -0.2) is 4.98 Å². The van der Waals surface area contributed by atoms with E-state index in [1.165, 1.54) is 5.01 Å². The van der Waals surface area contributed by atoms with E-state index >= 15 is 0 Å². The van der Waals surface area contributed by atoms with Gasteiger partial charge in [0.15, 0.2) is 0 Å². The molecule has 2 unspecified atom stereocenters. The van der Waals surface area contributed by atoms with Gasteiger partial charge in [0.1, 0.15) is 0 Å². The van der Waals surface area contributed by atoms with Crippen molar-refractivity contribution in [3.63, 3.8) is 0 Å². The van der Waals surface area contributed by atoms with Gasteiger partial charge in [-0.15, -0.1) is 22.9 Å². The van der Waals surface area contributed by atoms with Gasteiger partial charge in [0.05, 0.1) is 22.7 Å². The highest BCUT2D eigenvalue weighted by Crippen LogP contribution is 2.18. The van der Waals surface area contributed by atoms with Crippen molar-refractivity contribution in [1.29, 1.82) is 0 Å². The topological polar surface area (TPSA) is 36.4 Å². The van der Waals surface area contributed by atoms with Crippen LogP contribution >= 0.6 is 22.9 Å². The van der Waals surface area contributed by atoms with E-state index < -0.39 is 0 Å². The minimum Gasteiger partial charge on any atom is -0.392 e. The molecule has 0 saturated carbocycles. The number of hydrogen-bond acceptors (Lipinski definition) is 4. The lowest BCUT2D eigenvalue weighted by Gasteiger charge is -2.34. The maximum absolute atomic E-state index is 9.83. The number of aliphatic hydroxyl groups is 1. The smallest absolute Gasteiger partial charge is 0.0929 e. The molecule has 2 heterocycles. The Bertz CT molecular complexity index is 372. The molecule has 3 nitrogen and oxygen atoms in total. The van der Waals surface area contributed by atoms with Crippen LogP contribution in [0.2, 0.25) is 0 Å². The van der Waals surface area contributed by atoms with Gasteiger partial charge in [-0.2, -0.15) is 0 Å². The molecule has 1 N–H and O–H groups in total. The van der Waals surface area contributed by atoms with E-state index in [0.29, 0.717) is 11.8 Å². The lowest BCUT2D eigenvalue weighted by atomic mass is 9.96. The Morgan fingerprint density at radius 3 is 3.11 bits per heavy atom. The second-order valence-corrected chi connectivity index (χ2v) is 6.31. The molecule has 1 aliphatic heterocycles. The van der Waals surface area contributed by atoms with Crippen LogP contribution in [-0.2, 0) is 12.3 Å². The van der Waals surface area contributed by atoms with E-state index in [-0.39, 0.29) is 6.10 Å². The molecule has 0 aromatic carbocycles. The van der Waals surface area contributed by atoms with E-state index in [1.807, 2.05) is 5.38 Å². The average molecular weight is 289 g/mol. The number of β-amino-alcohol motifs (C(OH)–C–C–N with tert-alkyl or cyclic N) is 1. The van der Waals surface area contributed by atoms with Crippen molar-refractivity contribution in [3.8, 4) is 0 Å². The van der Waals surface area contributed by atoms with Crippen molar-refractivity contribution in [2.75, 3.05) is 19.6 Å². The number of piperidine rings is 1. The predicted octanol–water partition coefficient (Wildman–Crippen LogP) is 2.52. The zero-order valence-electron chi connectivity index (χ0n) is 10.8. The molecule has 5 heteroatoms. The Morgan fingerprint density at radius 1 is 1.61 bits per heavy atom. The number of hydrogen-bond donors (Lipinski definition) is 1. The molecule has 2 atom stereocenters. The van der Waals surface area contributed by atoms with E-state index in [9.17, 15) is 5.11 Å². The highest BCUT2D eigenvalue weighted by molar-refractivity contribution is 7.09. The van der Waals surface area contributed by atoms with Crippen molar-refractivity contribution in [1.82, 2.24) is 9.88 Å². The summed E-state index contributed by atoms with van der Waals surface area (Å²) in [5.41, 5.74) is 0.985. The molecule has 0 aliphatic carbocycles. The quantitative estimate of drug-likeness (QED) is 0.846. The monoisotopic (exact) mass is 288 g/mol. The molecule has 0 amide bonds. The number of aromatic nitrogens is 1. The number of likely N-dealkylation sites (tertiary alicyclic amines) is 1. The minimum atomic E-state index is -0.151. The average Bonchev–Trinajstić information content (AvgIpc) is 2.82. The molecule has 18 heavy (non-hydrogen) atoms. The van der Waals surface area contributed by atoms with Crippen LogP contribution in [0.4, 0.5) is 0 Å². The molecule has 0 bridgehead atoms. The fraction of sp³-hybridized carbons (Fsp3) is 0.769. The molecule has 0 radical (unpaired) electrons. The summed E-state index contributed by atoms with van der Waals surface area (Å²) in [6.45, 7) is 5.12. The summed E-state index contributed by atoms with van der Waals surface area (Å²) in [5.74, 6) is 0.957. The Kier molecular flexibility index (Phi) is 5.42. The van der Waals surface area contributed by atoms with Gasteiger partial charge in [-0.1, -0.05) is 6.92 Å². The second-order valence-electron chi connectivity index (χ2n) is 5.10. The van der Waals surface area contributed by atoms with Crippen molar-refractivity contribution in [2.45, 2.75) is 38.2 Å². The first kappa shape index (κ1) is 14.3. The molecular formula is C13H21ClN2OS. The number of alkyl halides is 1. The van der Waals surface area contributed by atoms with Crippen LogP contribution < -0.4 is 0 Å². The summed E-state index contributed by atoms with van der Waals surface area (Å²) in [7, 11) is 0. The summed E-state index contributed by atoms with van der Waals surface area (Å²) < 4.78 is 0. The molecule has 1 saturated heterocycles. The molecule has 1 fully saturated rings. The Hall–Kier alpha value is -0.160. The maximum atomic E-state index is 9.83. The molecule has 102 valence electrons. The van der Waals surface area contributed by atoms with Crippen LogP contribution in [0.1, 0.15) is 30.5 Å². The summed E-state index contributed by atoms with van der Waals surface area (Å²) in [6, 6.07) is 0. The van der Waals surface area contributed by atoms with Crippen LogP contribution in [0.25, 0.3) is 0 Å². The first-order valence-corrected chi connectivity index (χ1v) is 8.00. The van der Waals surface area contributed by atoms with Crippen molar-refractivity contribution >= 4 is 22.9 Å². The molecule has 2 rings (SSSR count). The highest BCUT2D eigenvalue weighted by Gasteiger charge is 2.23. The van der Waals surface area contributed by atoms with Crippen molar-refractivity contribution in [2.24, 2.45) is 5.92 Å². The Balaban J connectivity index is 1.69. The lowest BCUT2D eigenvalue weighted by Crippen LogP contribution is -2.43. The van der Waals surface area contributed by atoms with E-state index in [1.54, 1.807) is 11.3 Å². The summed E-state index contributed by atoms with van der Waals surface area (Å²) >= 11 is 7.43. The SMILES string of the molecule is CC1CCN(CCCc2nc(CCl)cs2)CC1O. The van der Waals surface area contributed by atoms with Crippen LogP contribution in [0.3, 0.4) is 0 Å². The zero-order valence-corrected chi connectivity index (χ0v) is 12.4. The number of halogens is 1. The fourth-order valence-corrected chi connectivity index (χ4v) is 3.37. The third kappa shape index (κ3) is 3.92. The van der Waals surface area contributed by atoms with Crippen LogP contribution in [0, 0.1) is 5.92 Å². The summed E-state index contributed by atoms with van der Waals surface area (Å²) in [6.07, 6.45) is 3.08. The minimum absolute atomic E-state index is 0.151. The number of thiazole rings is 1. The number of aryl methyl sites for hydroxylation is 1. The summed E-state index contributed by atoms with van der Waals surface area (Å²) in [4.78, 5) is 6.82. The molecule has 0 spiro atoms. The van der Waals surface area contributed by atoms with Gasteiger partial charge in [0, 0.05) is 18.3 Å². The van der Waals surface area contributed by atoms with Gasteiger partial charge in [0.25, 0.3) is 0 Å². The number of rotatable bonds is 5. The molecule has 1 aromatic rings. The zero-order chi connectivity index (χ0) is 13.0. The molecular weight excluding hydrogens is 268 g/mol. The first-order chi connectivity index (χ1) is 8.69. The van der Waals surface area contributed by atoms with E-state index in [2.05, 4.69) is 16.8 Å². The third-order valence-corrected chi connectivity index (χ3v) is 4.84. The Labute approximate surface area is 118 Å². The summed E-state index contributed by atoms with van der Waals surface area (Å²) in [5, 5.41) is 13.0. The normalized spacial score (nSPS) is 25.5.